The standard InChI is InChI=1S/C22H23ClFN3O2/c1-22(16-10-9-14-5-3-6-15(14)11-16)20(28)27(21(29)25-22)13-26(2)12-17-18(23)7-4-8-19(17)24/h4,7-11H,3,5-6,12-13H2,1-2H3,(H,25,29)/p+1/t22-/m1/s1. The molecule has 5 nitrogen and oxygen atoms in total. The van der Waals surface area contributed by atoms with Crippen LogP contribution in [0.2, 0.25) is 5.02 Å². The molecule has 1 heterocycles. The van der Waals surface area contributed by atoms with Crippen molar-refractivity contribution in [2.45, 2.75) is 38.3 Å². The van der Waals surface area contributed by atoms with Crippen molar-refractivity contribution in [1.29, 1.82) is 0 Å². The number of fused-ring (bicyclic) bond motifs is 1. The van der Waals surface area contributed by atoms with Gasteiger partial charge in [0.15, 0.2) is 6.67 Å². The van der Waals surface area contributed by atoms with E-state index >= 15 is 0 Å². The van der Waals surface area contributed by atoms with Crippen molar-refractivity contribution in [3.05, 3.63) is 69.5 Å². The number of hydrogen-bond donors (Lipinski definition) is 2. The number of urea groups is 1. The van der Waals surface area contributed by atoms with Gasteiger partial charge in [-0.15, -0.1) is 0 Å². The van der Waals surface area contributed by atoms with Gasteiger partial charge in [-0.2, -0.15) is 0 Å². The smallest absolute Gasteiger partial charge is 0.319 e. The molecule has 2 N–H and O–H groups in total. The number of imide groups is 1. The van der Waals surface area contributed by atoms with Crippen molar-refractivity contribution in [3.63, 3.8) is 0 Å². The van der Waals surface area contributed by atoms with Crippen LogP contribution in [0.15, 0.2) is 36.4 Å². The lowest BCUT2D eigenvalue weighted by atomic mass is 9.90. The molecule has 0 aromatic heterocycles. The average Bonchev–Trinajstić information content (AvgIpc) is 3.23. The van der Waals surface area contributed by atoms with Gasteiger partial charge in [0, 0.05) is 0 Å². The summed E-state index contributed by atoms with van der Waals surface area (Å²) in [6, 6.07) is 10.1. The minimum absolute atomic E-state index is 0.121. The fraction of sp³-hybridized carbons (Fsp3) is 0.364. The molecule has 0 radical (unpaired) electrons. The molecule has 0 spiro atoms. The van der Waals surface area contributed by atoms with E-state index in [4.69, 9.17) is 11.6 Å². The summed E-state index contributed by atoms with van der Waals surface area (Å²) in [6.07, 6.45) is 3.18. The summed E-state index contributed by atoms with van der Waals surface area (Å²) in [5.41, 5.74) is 2.65. The Morgan fingerprint density at radius 3 is 2.72 bits per heavy atom. The van der Waals surface area contributed by atoms with E-state index in [9.17, 15) is 14.0 Å². The summed E-state index contributed by atoms with van der Waals surface area (Å²) < 4.78 is 14.1. The predicted molar refractivity (Wildman–Crippen MR) is 108 cm³/mol. The van der Waals surface area contributed by atoms with Crippen LogP contribution >= 0.6 is 11.6 Å². The monoisotopic (exact) mass is 416 g/mol. The molecule has 1 fully saturated rings. The molecule has 1 aliphatic heterocycles. The maximum absolute atomic E-state index is 14.1. The highest BCUT2D eigenvalue weighted by atomic mass is 35.5. The highest BCUT2D eigenvalue weighted by molar-refractivity contribution is 6.31. The highest BCUT2D eigenvalue weighted by Crippen LogP contribution is 2.32. The lowest BCUT2D eigenvalue weighted by molar-refractivity contribution is -0.901. The number of carbonyl (C=O) groups is 2. The van der Waals surface area contributed by atoms with Crippen molar-refractivity contribution in [3.8, 4) is 0 Å². The first kappa shape index (κ1) is 19.9. The Balaban J connectivity index is 1.52. The molecular formula is C22H24ClFN3O2+. The molecule has 152 valence electrons. The fourth-order valence-corrected chi connectivity index (χ4v) is 4.48. The van der Waals surface area contributed by atoms with E-state index in [1.165, 1.54) is 22.1 Å². The molecule has 1 aliphatic carbocycles. The maximum Gasteiger partial charge on any atom is 0.329 e. The van der Waals surface area contributed by atoms with E-state index < -0.39 is 17.4 Å². The first-order chi connectivity index (χ1) is 13.8. The largest absolute Gasteiger partial charge is 0.329 e. The number of hydrogen-bond acceptors (Lipinski definition) is 2. The Bertz CT molecular complexity index is 976. The molecule has 29 heavy (non-hydrogen) atoms. The molecule has 0 saturated carbocycles. The molecule has 4 rings (SSSR count). The third-order valence-electron chi connectivity index (χ3n) is 5.92. The van der Waals surface area contributed by atoms with Crippen LogP contribution < -0.4 is 10.2 Å². The maximum atomic E-state index is 14.1. The predicted octanol–water partition coefficient (Wildman–Crippen LogP) is 2.41. The second kappa shape index (κ2) is 7.43. The number of aryl methyl sites for hydroxylation is 2. The summed E-state index contributed by atoms with van der Waals surface area (Å²) >= 11 is 6.11. The van der Waals surface area contributed by atoms with Gasteiger partial charge < -0.3 is 10.2 Å². The van der Waals surface area contributed by atoms with Gasteiger partial charge in [-0.05, 0) is 55.0 Å². The third kappa shape index (κ3) is 3.51. The first-order valence-electron chi connectivity index (χ1n) is 9.80. The number of amides is 3. The van der Waals surface area contributed by atoms with Crippen LogP contribution in [0.3, 0.4) is 0 Å². The number of benzene rings is 2. The minimum atomic E-state index is -1.09. The van der Waals surface area contributed by atoms with E-state index in [-0.39, 0.29) is 19.1 Å². The molecular weight excluding hydrogens is 393 g/mol. The number of rotatable bonds is 5. The number of nitrogens with zero attached hydrogens (tertiary/aromatic N) is 1. The van der Waals surface area contributed by atoms with Crippen LogP contribution in [0.5, 0.6) is 0 Å². The summed E-state index contributed by atoms with van der Waals surface area (Å²) in [6.45, 7) is 2.13. The molecule has 2 atom stereocenters. The van der Waals surface area contributed by atoms with Gasteiger partial charge in [-0.25, -0.2) is 14.1 Å². The fourth-order valence-electron chi connectivity index (χ4n) is 4.25. The van der Waals surface area contributed by atoms with Crippen molar-refractivity contribution in [2.24, 2.45) is 0 Å². The van der Waals surface area contributed by atoms with Crippen molar-refractivity contribution in [2.75, 3.05) is 13.7 Å². The van der Waals surface area contributed by atoms with Gasteiger partial charge in [-0.3, -0.25) is 4.79 Å². The first-order valence-corrected chi connectivity index (χ1v) is 10.2. The van der Waals surface area contributed by atoms with Gasteiger partial charge in [0.05, 0.1) is 17.6 Å². The Morgan fingerprint density at radius 2 is 1.97 bits per heavy atom. The average molecular weight is 417 g/mol. The van der Waals surface area contributed by atoms with Crippen LogP contribution in [0.4, 0.5) is 9.18 Å². The molecule has 1 saturated heterocycles. The second-order valence-electron chi connectivity index (χ2n) is 8.12. The SMILES string of the molecule is C[NH+](Cc1c(F)cccc1Cl)CN1C(=O)N[C@](C)(c2ccc3c(c2)CCC3)C1=O. The zero-order valence-electron chi connectivity index (χ0n) is 16.5. The Labute approximate surface area is 174 Å². The van der Waals surface area contributed by atoms with Gasteiger partial charge in [0.25, 0.3) is 5.91 Å². The molecule has 2 aliphatic rings. The van der Waals surface area contributed by atoms with Crippen molar-refractivity contribution in [1.82, 2.24) is 10.2 Å². The molecule has 7 heteroatoms. The van der Waals surface area contributed by atoms with Crippen molar-refractivity contribution >= 4 is 23.5 Å². The van der Waals surface area contributed by atoms with E-state index in [0.29, 0.717) is 10.6 Å². The Hall–Kier alpha value is -2.44. The molecule has 1 unspecified atom stereocenters. The molecule has 0 bridgehead atoms. The summed E-state index contributed by atoms with van der Waals surface area (Å²) in [5, 5.41) is 3.19. The quantitative estimate of drug-likeness (QED) is 0.735. The van der Waals surface area contributed by atoms with E-state index in [1.54, 1.807) is 26.1 Å². The van der Waals surface area contributed by atoms with Crippen LogP contribution in [0.25, 0.3) is 0 Å². The summed E-state index contributed by atoms with van der Waals surface area (Å²) in [4.78, 5) is 27.8. The van der Waals surface area contributed by atoms with Gasteiger partial charge in [-0.1, -0.05) is 35.9 Å². The second-order valence-corrected chi connectivity index (χ2v) is 8.52. The van der Waals surface area contributed by atoms with E-state index in [1.807, 2.05) is 12.1 Å². The van der Waals surface area contributed by atoms with Crippen LogP contribution in [-0.4, -0.2) is 30.6 Å². The normalized spacial score (nSPS) is 22.0. The van der Waals surface area contributed by atoms with Crippen LogP contribution in [0.1, 0.15) is 35.6 Å². The van der Waals surface area contributed by atoms with Gasteiger partial charge >= 0.3 is 6.03 Å². The molecule has 3 amide bonds. The van der Waals surface area contributed by atoms with Crippen molar-refractivity contribution < 1.29 is 18.9 Å². The summed E-state index contributed by atoms with van der Waals surface area (Å²) in [5.74, 6) is -0.684. The Kier molecular flexibility index (Phi) is 5.09. The minimum Gasteiger partial charge on any atom is -0.319 e. The van der Waals surface area contributed by atoms with Crippen LogP contribution in [0, 0.1) is 5.82 Å². The number of halogens is 2. The molecule has 2 aromatic carbocycles. The van der Waals surface area contributed by atoms with Gasteiger partial charge in [0.2, 0.25) is 0 Å². The number of quaternary nitrogens is 1. The van der Waals surface area contributed by atoms with E-state index in [0.717, 1.165) is 29.7 Å². The van der Waals surface area contributed by atoms with E-state index in [2.05, 4.69) is 11.4 Å². The number of nitrogens with one attached hydrogen (secondary N) is 2. The van der Waals surface area contributed by atoms with Gasteiger partial charge in [0.1, 0.15) is 17.9 Å². The van der Waals surface area contributed by atoms with Crippen LogP contribution in [-0.2, 0) is 29.7 Å². The summed E-state index contributed by atoms with van der Waals surface area (Å²) in [7, 11) is 1.80. The topological polar surface area (TPSA) is 53.9 Å². The Morgan fingerprint density at radius 1 is 1.21 bits per heavy atom. The molecule has 2 aromatic rings. The zero-order chi connectivity index (χ0) is 20.8. The zero-order valence-corrected chi connectivity index (χ0v) is 17.3. The number of carbonyl (C=O) groups excluding carboxylic acids is 2. The lowest BCUT2D eigenvalue weighted by Crippen LogP contribution is -3.09. The highest BCUT2D eigenvalue weighted by Gasteiger charge is 2.50. The lowest BCUT2D eigenvalue weighted by Gasteiger charge is -2.24. The third-order valence-corrected chi connectivity index (χ3v) is 6.27.